The van der Waals surface area contributed by atoms with E-state index in [1.54, 1.807) is 43.3 Å². The number of nitrogens with one attached hydrogen (secondary N) is 1. The summed E-state index contributed by atoms with van der Waals surface area (Å²) in [5.74, 6) is -0.239. The second-order valence-electron chi connectivity index (χ2n) is 4.26. The second kappa shape index (κ2) is 7.43. The zero-order valence-electron chi connectivity index (χ0n) is 12.2. The molecule has 0 saturated heterocycles. The van der Waals surface area contributed by atoms with Crippen molar-refractivity contribution in [3.63, 3.8) is 0 Å². The van der Waals surface area contributed by atoms with Crippen molar-refractivity contribution in [2.45, 2.75) is 6.92 Å². The standard InChI is InChI=1S/C16H12N4O3/c1-2-22-16(21)14-10-23-15(20-14)12-3-5-13(6-4-12)19-9-11(7-17)8-18/h3-6,9-10,19H,2H2,1H3. The Balaban J connectivity index is 2.11. The van der Waals surface area contributed by atoms with E-state index in [0.29, 0.717) is 17.1 Å². The van der Waals surface area contributed by atoms with E-state index in [2.05, 4.69) is 10.3 Å². The molecule has 0 bridgehead atoms. The van der Waals surface area contributed by atoms with Crippen molar-refractivity contribution in [3.05, 3.63) is 48.0 Å². The SMILES string of the molecule is CCOC(=O)c1coc(-c2ccc(NC=C(C#N)C#N)cc2)n1. The van der Waals surface area contributed by atoms with Crippen molar-refractivity contribution < 1.29 is 13.9 Å². The average Bonchev–Trinajstić information content (AvgIpc) is 3.07. The zero-order chi connectivity index (χ0) is 16.7. The Morgan fingerprint density at radius 1 is 1.35 bits per heavy atom. The fraction of sp³-hybridized carbons (Fsp3) is 0.125. The lowest BCUT2D eigenvalue weighted by Gasteiger charge is -2.01. The quantitative estimate of drug-likeness (QED) is 0.667. The highest BCUT2D eigenvalue weighted by molar-refractivity contribution is 5.87. The van der Waals surface area contributed by atoms with Gasteiger partial charge >= 0.3 is 5.97 Å². The molecule has 7 heteroatoms. The van der Waals surface area contributed by atoms with Gasteiger partial charge in [-0.3, -0.25) is 0 Å². The molecule has 23 heavy (non-hydrogen) atoms. The fourth-order valence-corrected chi connectivity index (χ4v) is 1.66. The molecule has 0 saturated carbocycles. The van der Waals surface area contributed by atoms with E-state index < -0.39 is 5.97 Å². The third-order valence-electron chi connectivity index (χ3n) is 2.74. The Hall–Kier alpha value is -3.58. The van der Waals surface area contributed by atoms with Gasteiger partial charge in [-0.25, -0.2) is 9.78 Å². The predicted molar refractivity (Wildman–Crippen MR) is 80.8 cm³/mol. The van der Waals surface area contributed by atoms with Crippen LogP contribution in [-0.4, -0.2) is 17.6 Å². The van der Waals surface area contributed by atoms with Crippen molar-refractivity contribution >= 4 is 11.7 Å². The lowest BCUT2D eigenvalue weighted by Crippen LogP contribution is -2.04. The Kier molecular flexibility index (Phi) is 5.11. The van der Waals surface area contributed by atoms with Crippen molar-refractivity contribution in [3.8, 4) is 23.6 Å². The van der Waals surface area contributed by atoms with E-state index in [1.165, 1.54) is 12.5 Å². The molecule has 0 amide bonds. The molecule has 1 N–H and O–H groups in total. The number of benzene rings is 1. The Morgan fingerprint density at radius 2 is 2.04 bits per heavy atom. The first-order valence-electron chi connectivity index (χ1n) is 6.68. The lowest BCUT2D eigenvalue weighted by molar-refractivity contribution is 0.0519. The molecule has 0 spiro atoms. The number of esters is 1. The van der Waals surface area contributed by atoms with Gasteiger partial charge in [-0.15, -0.1) is 0 Å². The van der Waals surface area contributed by atoms with Crippen LogP contribution >= 0.6 is 0 Å². The van der Waals surface area contributed by atoms with Crippen LogP contribution in [0, 0.1) is 22.7 Å². The summed E-state index contributed by atoms with van der Waals surface area (Å²) in [4.78, 5) is 15.6. The van der Waals surface area contributed by atoms with E-state index in [0.717, 1.165) is 0 Å². The van der Waals surface area contributed by atoms with Gasteiger partial charge in [-0.1, -0.05) is 0 Å². The van der Waals surface area contributed by atoms with Gasteiger partial charge in [0.1, 0.15) is 24.0 Å². The monoisotopic (exact) mass is 308 g/mol. The molecule has 1 heterocycles. The van der Waals surface area contributed by atoms with Crippen LogP contribution < -0.4 is 5.32 Å². The number of aromatic nitrogens is 1. The maximum Gasteiger partial charge on any atom is 0.360 e. The van der Waals surface area contributed by atoms with Crippen LogP contribution in [0.1, 0.15) is 17.4 Å². The molecule has 2 aromatic rings. The summed E-state index contributed by atoms with van der Waals surface area (Å²) < 4.78 is 10.1. The first kappa shape index (κ1) is 15.8. The van der Waals surface area contributed by atoms with Gasteiger partial charge < -0.3 is 14.5 Å². The molecule has 114 valence electrons. The number of hydrogen-bond acceptors (Lipinski definition) is 7. The predicted octanol–water partition coefficient (Wildman–Crippen LogP) is 2.86. The maximum atomic E-state index is 11.5. The van der Waals surface area contributed by atoms with Gasteiger partial charge in [0.05, 0.1) is 6.61 Å². The van der Waals surface area contributed by atoms with Crippen LogP contribution in [0.5, 0.6) is 0 Å². The van der Waals surface area contributed by atoms with E-state index in [4.69, 9.17) is 19.7 Å². The summed E-state index contributed by atoms with van der Waals surface area (Å²) in [5.41, 5.74) is 1.45. The topological polar surface area (TPSA) is 112 Å². The number of allylic oxidation sites excluding steroid dienone is 1. The van der Waals surface area contributed by atoms with Crippen molar-refractivity contribution in [2.24, 2.45) is 0 Å². The van der Waals surface area contributed by atoms with Crippen molar-refractivity contribution in [2.75, 3.05) is 11.9 Å². The number of carbonyl (C=O) groups excluding carboxylic acids is 1. The van der Waals surface area contributed by atoms with Crippen LogP contribution in [-0.2, 0) is 4.74 Å². The Labute approximate surface area is 132 Å². The third kappa shape index (κ3) is 3.96. The summed E-state index contributed by atoms with van der Waals surface area (Å²) in [7, 11) is 0. The Bertz CT molecular complexity index is 791. The minimum absolute atomic E-state index is 0.0270. The van der Waals surface area contributed by atoms with Crippen LogP contribution in [0.4, 0.5) is 5.69 Å². The van der Waals surface area contributed by atoms with Crippen molar-refractivity contribution in [1.82, 2.24) is 4.98 Å². The summed E-state index contributed by atoms with van der Waals surface area (Å²) in [6.07, 6.45) is 2.56. The first-order valence-corrected chi connectivity index (χ1v) is 6.68. The van der Waals surface area contributed by atoms with Gasteiger partial charge in [0.2, 0.25) is 5.89 Å². The van der Waals surface area contributed by atoms with E-state index in [-0.39, 0.29) is 17.9 Å². The summed E-state index contributed by atoms with van der Waals surface area (Å²) in [6.45, 7) is 1.98. The molecule has 0 radical (unpaired) electrons. The van der Waals surface area contributed by atoms with E-state index >= 15 is 0 Å². The van der Waals surface area contributed by atoms with Crippen molar-refractivity contribution in [1.29, 1.82) is 10.5 Å². The molecule has 0 aliphatic heterocycles. The maximum absolute atomic E-state index is 11.5. The van der Waals surface area contributed by atoms with Gasteiger partial charge in [-0.05, 0) is 31.2 Å². The van der Waals surface area contributed by atoms with E-state index in [1.807, 2.05) is 0 Å². The molecule has 0 aliphatic carbocycles. The van der Waals surface area contributed by atoms with Gasteiger partial charge in [0.25, 0.3) is 0 Å². The molecular formula is C16H12N4O3. The van der Waals surface area contributed by atoms with Crippen LogP contribution in [0.3, 0.4) is 0 Å². The highest BCUT2D eigenvalue weighted by atomic mass is 16.5. The normalized spacial score (nSPS) is 9.35. The highest BCUT2D eigenvalue weighted by Crippen LogP contribution is 2.21. The largest absolute Gasteiger partial charge is 0.461 e. The first-order chi connectivity index (χ1) is 11.2. The molecule has 0 atom stereocenters. The number of nitriles is 2. The number of rotatable bonds is 5. The lowest BCUT2D eigenvalue weighted by atomic mass is 10.2. The smallest absolute Gasteiger partial charge is 0.360 e. The number of anilines is 1. The summed E-state index contributed by atoms with van der Waals surface area (Å²) in [6, 6.07) is 10.4. The van der Waals surface area contributed by atoms with E-state index in [9.17, 15) is 4.79 Å². The molecule has 2 rings (SSSR count). The molecule has 7 nitrogen and oxygen atoms in total. The van der Waals surface area contributed by atoms with Crippen LogP contribution in [0.2, 0.25) is 0 Å². The van der Waals surface area contributed by atoms with Gasteiger partial charge in [0.15, 0.2) is 5.69 Å². The molecule has 0 aliphatic rings. The summed E-state index contributed by atoms with van der Waals surface area (Å²) in [5, 5.41) is 20.1. The van der Waals surface area contributed by atoms with Crippen LogP contribution in [0.25, 0.3) is 11.5 Å². The molecule has 1 aromatic carbocycles. The van der Waals surface area contributed by atoms with Crippen LogP contribution in [0.15, 0.2) is 46.7 Å². The average molecular weight is 308 g/mol. The van der Waals surface area contributed by atoms with Gasteiger partial charge in [-0.2, -0.15) is 10.5 Å². The minimum atomic E-state index is -0.536. The number of carbonyl (C=O) groups is 1. The van der Waals surface area contributed by atoms with Gasteiger partial charge in [0, 0.05) is 17.5 Å². The molecule has 0 fully saturated rings. The molecular weight excluding hydrogens is 296 g/mol. The number of ether oxygens (including phenoxy) is 1. The highest BCUT2D eigenvalue weighted by Gasteiger charge is 2.14. The zero-order valence-corrected chi connectivity index (χ0v) is 12.2. The Morgan fingerprint density at radius 3 is 2.65 bits per heavy atom. The molecule has 0 unspecified atom stereocenters. The number of nitrogens with zero attached hydrogens (tertiary/aromatic N) is 3. The fourth-order valence-electron chi connectivity index (χ4n) is 1.66. The third-order valence-corrected chi connectivity index (χ3v) is 2.74. The minimum Gasteiger partial charge on any atom is -0.461 e. The second-order valence-corrected chi connectivity index (χ2v) is 4.26. The molecule has 1 aromatic heterocycles. The number of hydrogen-bond donors (Lipinski definition) is 1. The number of oxazole rings is 1. The summed E-state index contributed by atoms with van der Waals surface area (Å²) >= 11 is 0.